The Balaban J connectivity index is 1.94. The Morgan fingerprint density at radius 1 is 1.23 bits per heavy atom. The molecule has 0 unspecified atom stereocenters. The van der Waals surface area contributed by atoms with Crippen LogP contribution in [0.25, 0.3) is 11.3 Å². The fourth-order valence-electron chi connectivity index (χ4n) is 2.94. The van der Waals surface area contributed by atoms with E-state index in [-0.39, 0.29) is 17.1 Å². The molecular weight excluding hydrogens is 379 g/mol. The third kappa shape index (κ3) is 2.44. The van der Waals surface area contributed by atoms with E-state index in [0.717, 1.165) is 4.31 Å². The molecule has 0 saturated carbocycles. The van der Waals surface area contributed by atoms with Gasteiger partial charge in [-0.15, -0.1) is 0 Å². The summed E-state index contributed by atoms with van der Waals surface area (Å²) in [7, 11) is -3.95. The molecule has 1 aliphatic heterocycles. The molecule has 2 aromatic carbocycles. The first kappa shape index (κ1) is 16.6. The average molecular weight is 389 g/mol. The summed E-state index contributed by atoms with van der Waals surface area (Å²) in [6, 6.07) is 11.5. The molecule has 130 valence electrons. The monoisotopic (exact) mass is 388 g/mol. The number of nitrogens with zero attached hydrogens (tertiary/aromatic N) is 3. The molecule has 3 aromatic rings. The lowest BCUT2D eigenvalue weighted by atomic mass is 10.00. The smallest absolute Gasteiger partial charge is 0.264 e. The number of hydrogen-bond acceptors (Lipinski definition) is 4. The summed E-state index contributed by atoms with van der Waals surface area (Å²) in [6.45, 7) is -0.0850. The number of nitrogens with one attached hydrogen (secondary N) is 1. The van der Waals surface area contributed by atoms with Gasteiger partial charge in [0.2, 0.25) is 0 Å². The van der Waals surface area contributed by atoms with E-state index >= 15 is 0 Å². The maximum atomic E-state index is 13.8. The second-order valence-electron chi connectivity index (χ2n) is 5.66. The quantitative estimate of drug-likeness (QED) is 0.728. The van der Waals surface area contributed by atoms with E-state index in [1.54, 1.807) is 0 Å². The van der Waals surface area contributed by atoms with Crippen molar-refractivity contribution in [1.29, 1.82) is 5.26 Å². The number of nitriles is 1. The number of anilines is 1. The summed E-state index contributed by atoms with van der Waals surface area (Å²) in [5.74, 6) is -0.520. The van der Waals surface area contributed by atoms with Crippen LogP contribution in [0.4, 0.5) is 10.1 Å². The number of H-pyrrole nitrogens is 1. The summed E-state index contributed by atoms with van der Waals surface area (Å²) in [5, 5.41) is 16.2. The van der Waals surface area contributed by atoms with Gasteiger partial charge in [-0.3, -0.25) is 9.40 Å². The first-order valence-corrected chi connectivity index (χ1v) is 9.29. The SMILES string of the molecule is N#Cc1n[nH]c2c1CN(S(=O)(=O)c1ccc(Cl)cc1)c1ccc(F)cc1-2. The molecule has 9 heteroatoms. The number of halogens is 2. The van der Waals surface area contributed by atoms with Gasteiger partial charge in [0.1, 0.15) is 11.9 Å². The lowest BCUT2D eigenvalue weighted by molar-refractivity contribution is 0.589. The summed E-state index contributed by atoms with van der Waals surface area (Å²) in [6.07, 6.45) is 0. The van der Waals surface area contributed by atoms with Crippen molar-refractivity contribution in [3.05, 3.63) is 64.6 Å². The summed E-state index contributed by atoms with van der Waals surface area (Å²) < 4.78 is 41.2. The van der Waals surface area contributed by atoms with Crippen molar-refractivity contribution in [1.82, 2.24) is 10.2 Å². The van der Waals surface area contributed by atoms with Gasteiger partial charge in [0, 0.05) is 16.1 Å². The van der Waals surface area contributed by atoms with Crippen molar-refractivity contribution in [2.75, 3.05) is 4.31 Å². The van der Waals surface area contributed by atoms with Gasteiger partial charge in [-0.2, -0.15) is 10.4 Å². The largest absolute Gasteiger partial charge is 0.276 e. The summed E-state index contributed by atoms with van der Waals surface area (Å²) >= 11 is 5.84. The molecule has 0 atom stereocenters. The summed E-state index contributed by atoms with van der Waals surface area (Å²) in [4.78, 5) is 0.0441. The van der Waals surface area contributed by atoms with E-state index < -0.39 is 15.8 Å². The molecule has 0 saturated heterocycles. The number of fused-ring (bicyclic) bond motifs is 3. The molecule has 0 fully saturated rings. The number of rotatable bonds is 2. The van der Waals surface area contributed by atoms with E-state index in [2.05, 4.69) is 10.2 Å². The van der Waals surface area contributed by atoms with Gasteiger partial charge >= 0.3 is 0 Å². The molecule has 4 rings (SSSR count). The Morgan fingerprint density at radius 2 is 1.96 bits per heavy atom. The first-order chi connectivity index (χ1) is 12.4. The number of benzene rings is 2. The Bertz CT molecular complexity index is 1170. The van der Waals surface area contributed by atoms with Gasteiger partial charge in [0.15, 0.2) is 5.69 Å². The van der Waals surface area contributed by atoms with Gasteiger partial charge in [-0.25, -0.2) is 12.8 Å². The predicted octanol–water partition coefficient (Wildman–Crippen LogP) is 3.45. The molecule has 1 aromatic heterocycles. The van der Waals surface area contributed by atoms with Gasteiger partial charge in [-0.1, -0.05) is 11.6 Å². The van der Waals surface area contributed by atoms with E-state index in [1.165, 1.54) is 42.5 Å². The molecule has 1 N–H and O–H groups in total. The molecule has 1 aliphatic rings. The third-order valence-corrected chi connectivity index (χ3v) is 6.20. The van der Waals surface area contributed by atoms with Gasteiger partial charge in [0.05, 0.1) is 22.8 Å². The van der Waals surface area contributed by atoms with Gasteiger partial charge < -0.3 is 0 Å². The van der Waals surface area contributed by atoms with Crippen molar-refractivity contribution in [2.24, 2.45) is 0 Å². The molecule has 0 amide bonds. The third-order valence-electron chi connectivity index (χ3n) is 4.17. The minimum Gasteiger partial charge on any atom is -0.276 e. The van der Waals surface area contributed by atoms with Crippen LogP contribution in [0.3, 0.4) is 0 Å². The molecular formula is C17H10ClFN4O2S. The minimum absolute atomic E-state index is 0.0441. The fourth-order valence-corrected chi connectivity index (χ4v) is 4.52. The van der Waals surface area contributed by atoms with Crippen molar-refractivity contribution in [3.8, 4) is 17.3 Å². The molecule has 6 nitrogen and oxygen atoms in total. The molecule has 0 bridgehead atoms. The average Bonchev–Trinajstić information content (AvgIpc) is 3.04. The van der Waals surface area contributed by atoms with Crippen LogP contribution < -0.4 is 4.31 Å². The van der Waals surface area contributed by atoms with E-state index in [0.29, 0.717) is 27.5 Å². The number of aromatic amines is 1. The molecule has 0 spiro atoms. The highest BCUT2D eigenvalue weighted by Crippen LogP contribution is 2.41. The number of sulfonamides is 1. The molecule has 0 aliphatic carbocycles. The van der Waals surface area contributed by atoms with E-state index in [9.17, 15) is 18.1 Å². The van der Waals surface area contributed by atoms with Crippen molar-refractivity contribution in [3.63, 3.8) is 0 Å². The maximum Gasteiger partial charge on any atom is 0.264 e. The standard InChI is InChI=1S/C17H10ClFN4O2S/c18-10-1-4-12(5-2-10)26(24,25)23-9-14-15(8-20)21-22-17(14)13-7-11(19)3-6-16(13)23/h1-7H,9H2,(H,21,22). The van der Waals surface area contributed by atoms with Crippen LogP contribution in [0, 0.1) is 17.1 Å². The molecule has 26 heavy (non-hydrogen) atoms. The van der Waals surface area contributed by atoms with Crippen LogP contribution in [0.15, 0.2) is 47.4 Å². The minimum atomic E-state index is -3.95. The zero-order chi connectivity index (χ0) is 18.5. The second-order valence-corrected chi connectivity index (χ2v) is 7.96. The van der Waals surface area contributed by atoms with Gasteiger partial charge in [0.25, 0.3) is 10.0 Å². The highest BCUT2D eigenvalue weighted by molar-refractivity contribution is 7.92. The van der Waals surface area contributed by atoms with Crippen molar-refractivity contribution >= 4 is 27.3 Å². The Morgan fingerprint density at radius 3 is 2.65 bits per heavy atom. The number of aromatic nitrogens is 2. The second kappa shape index (κ2) is 5.83. The zero-order valence-electron chi connectivity index (χ0n) is 13.1. The normalized spacial score (nSPS) is 13.0. The predicted molar refractivity (Wildman–Crippen MR) is 93.5 cm³/mol. The lowest BCUT2D eigenvalue weighted by Crippen LogP contribution is -2.33. The van der Waals surface area contributed by atoms with Crippen molar-refractivity contribution in [2.45, 2.75) is 11.4 Å². The fraction of sp³-hybridized carbons (Fsp3) is 0.0588. The van der Waals surface area contributed by atoms with Crippen LogP contribution in [-0.2, 0) is 16.6 Å². The topological polar surface area (TPSA) is 89.8 Å². The van der Waals surface area contributed by atoms with Crippen LogP contribution in [-0.4, -0.2) is 18.6 Å². The van der Waals surface area contributed by atoms with Crippen LogP contribution >= 0.6 is 11.6 Å². The Labute approximate surface area is 153 Å². The van der Waals surface area contributed by atoms with Crippen LogP contribution in [0.2, 0.25) is 5.02 Å². The Kier molecular flexibility index (Phi) is 3.72. The zero-order valence-corrected chi connectivity index (χ0v) is 14.6. The lowest BCUT2D eigenvalue weighted by Gasteiger charge is -2.30. The first-order valence-electron chi connectivity index (χ1n) is 7.47. The highest BCUT2D eigenvalue weighted by atomic mass is 35.5. The van der Waals surface area contributed by atoms with Crippen molar-refractivity contribution < 1.29 is 12.8 Å². The van der Waals surface area contributed by atoms with E-state index in [4.69, 9.17) is 11.6 Å². The number of hydrogen-bond donors (Lipinski definition) is 1. The summed E-state index contributed by atoms with van der Waals surface area (Å²) in [5.41, 5.74) is 1.56. The molecule has 0 radical (unpaired) electrons. The maximum absolute atomic E-state index is 13.8. The Hall–Kier alpha value is -2.89. The highest BCUT2D eigenvalue weighted by Gasteiger charge is 2.34. The van der Waals surface area contributed by atoms with Gasteiger partial charge in [-0.05, 0) is 42.5 Å². The van der Waals surface area contributed by atoms with E-state index in [1.807, 2.05) is 6.07 Å². The van der Waals surface area contributed by atoms with Crippen LogP contribution in [0.5, 0.6) is 0 Å². The molecule has 2 heterocycles. The van der Waals surface area contributed by atoms with Crippen LogP contribution in [0.1, 0.15) is 11.3 Å².